The lowest BCUT2D eigenvalue weighted by atomic mass is 10.1. The average molecular weight is 278 g/mol. The van der Waals surface area contributed by atoms with Crippen molar-refractivity contribution in [3.8, 4) is 0 Å². The van der Waals surface area contributed by atoms with Gasteiger partial charge in [0, 0.05) is 26.6 Å². The number of carboxylic acids is 1. The second-order valence-electron chi connectivity index (χ2n) is 4.76. The molecule has 0 aromatic heterocycles. The third-order valence-electron chi connectivity index (χ3n) is 3.04. The first kappa shape index (κ1) is 16.0. The number of hydrogen-bond acceptors (Lipinski definition) is 2. The number of benzene rings is 1. The topological polar surface area (TPSA) is 69.6 Å². The highest BCUT2D eigenvalue weighted by Crippen LogP contribution is 2.07. The molecule has 0 heterocycles. The van der Waals surface area contributed by atoms with Crippen molar-refractivity contribution < 1.29 is 14.7 Å². The van der Waals surface area contributed by atoms with Crippen LogP contribution in [0.1, 0.15) is 30.9 Å². The van der Waals surface area contributed by atoms with E-state index in [2.05, 4.69) is 24.4 Å². The van der Waals surface area contributed by atoms with Crippen LogP contribution in [-0.2, 0) is 17.8 Å². The Labute approximate surface area is 119 Å². The molecular formula is C15H22N2O3. The Morgan fingerprint density at radius 1 is 1.20 bits per heavy atom. The van der Waals surface area contributed by atoms with E-state index >= 15 is 0 Å². The molecule has 5 heteroatoms. The Balaban J connectivity index is 2.34. The van der Waals surface area contributed by atoms with E-state index in [0.717, 1.165) is 12.0 Å². The molecule has 5 nitrogen and oxygen atoms in total. The largest absolute Gasteiger partial charge is 0.481 e. The average Bonchev–Trinajstić information content (AvgIpc) is 2.44. The Morgan fingerprint density at radius 2 is 1.80 bits per heavy atom. The Hall–Kier alpha value is -2.04. The van der Waals surface area contributed by atoms with Crippen LogP contribution < -0.4 is 5.32 Å². The second-order valence-corrected chi connectivity index (χ2v) is 4.76. The molecular weight excluding hydrogens is 256 g/mol. The number of aliphatic carboxylic acids is 1. The van der Waals surface area contributed by atoms with Crippen molar-refractivity contribution in [2.24, 2.45) is 0 Å². The molecule has 1 aromatic carbocycles. The molecule has 0 aliphatic rings. The highest BCUT2D eigenvalue weighted by molar-refractivity contribution is 5.74. The van der Waals surface area contributed by atoms with E-state index in [4.69, 9.17) is 5.11 Å². The molecule has 0 aliphatic heterocycles. The number of aryl methyl sites for hydroxylation is 1. The smallest absolute Gasteiger partial charge is 0.317 e. The number of amides is 2. The van der Waals surface area contributed by atoms with Gasteiger partial charge < -0.3 is 15.3 Å². The lowest BCUT2D eigenvalue weighted by Crippen LogP contribution is -2.37. The molecule has 0 aliphatic carbocycles. The number of nitrogens with one attached hydrogen (secondary N) is 1. The maximum absolute atomic E-state index is 11.8. The van der Waals surface area contributed by atoms with Crippen LogP contribution in [0.3, 0.4) is 0 Å². The van der Waals surface area contributed by atoms with Gasteiger partial charge in [-0.3, -0.25) is 4.79 Å². The van der Waals surface area contributed by atoms with E-state index in [1.54, 1.807) is 11.9 Å². The number of nitrogens with zero attached hydrogens (tertiary/aromatic N) is 1. The van der Waals surface area contributed by atoms with Gasteiger partial charge in [0.25, 0.3) is 0 Å². The minimum atomic E-state index is -0.844. The monoisotopic (exact) mass is 278 g/mol. The molecule has 0 fully saturated rings. The van der Waals surface area contributed by atoms with Crippen molar-refractivity contribution in [1.82, 2.24) is 10.2 Å². The van der Waals surface area contributed by atoms with Crippen molar-refractivity contribution in [2.75, 3.05) is 13.6 Å². The van der Waals surface area contributed by atoms with Gasteiger partial charge in [0.1, 0.15) is 0 Å². The van der Waals surface area contributed by atoms with Gasteiger partial charge in [0.05, 0.1) is 0 Å². The zero-order chi connectivity index (χ0) is 15.0. The van der Waals surface area contributed by atoms with Crippen molar-refractivity contribution in [3.63, 3.8) is 0 Å². The molecule has 0 saturated heterocycles. The van der Waals surface area contributed by atoms with Gasteiger partial charge in [-0.2, -0.15) is 0 Å². The van der Waals surface area contributed by atoms with E-state index < -0.39 is 5.97 Å². The van der Waals surface area contributed by atoms with Gasteiger partial charge >= 0.3 is 12.0 Å². The van der Waals surface area contributed by atoms with Crippen LogP contribution in [0.15, 0.2) is 24.3 Å². The molecule has 110 valence electrons. The number of carbonyl (C=O) groups excluding carboxylic acids is 1. The summed E-state index contributed by atoms with van der Waals surface area (Å²) >= 11 is 0. The first-order chi connectivity index (χ1) is 9.52. The third kappa shape index (κ3) is 5.73. The summed E-state index contributed by atoms with van der Waals surface area (Å²) in [6.07, 6.45) is 1.52. The maximum Gasteiger partial charge on any atom is 0.317 e. The first-order valence-corrected chi connectivity index (χ1v) is 6.81. The standard InChI is InChI=1S/C15H22N2O3/c1-3-12-6-8-13(9-7-12)11-17(2)15(20)16-10-4-5-14(18)19/h6-9H,3-5,10-11H2,1-2H3,(H,16,20)(H,18,19). The van der Waals surface area contributed by atoms with Gasteiger partial charge in [-0.05, 0) is 24.0 Å². The molecule has 2 N–H and O–H groups in total. The van der Waals surface area contributed by atoms with E-state index in [-0.39, 0.29) is 12.5 Å². The van der Waals surface area contributed by atoms with Gasteiger partial charge in [-0.15, -0.1) is 0 Å². The third-order valence-corrected chi connectivity index (χ3v) is 3.04. The molecule has 0 bridgehead atoms. The molecule has 0 atom stereocenters. The van der Waals surface area contributed by atoms with Crippen molar-refractivity contribution in [3.05, 3.63) is 35.4 Å². The second kappa shape index (κ2) is 8.19. The van der Waals surface area contributed by atoms with E-state index in [9.17, 15) is 9.59 Å². The van der Waals surface area contributed by atoms with Crippen LogP contribution >= 0.6 is 0 Å². The SMILES string of the molecule is CCc1ccc(CN(C)C(=O)NCCCC(=O)O)cc1. The molecule has 20 heavy (non-hydrogen) atoms. The zero-order valence-electron chi connectivity index (χ0n) is 12.1. The maximum atomic E-state index is 11.8. The van der Waals surface area contributed by atoms with Crippen LogP contribution in [0.2, 0.25) is 0 Å². The van der Waals surface area contributed by atoms with Crippen LogP contribution in [0.4, 0.5) is 4.79 Å². The fourth-order valence-electron chi connectivity index (χ4n) is 1.80. The number of urea groups is 1. The quantitative estimate of drug-likeness (QED) is 0.752. The number of carboxylic acid groups (broad SMARTS) is 1. The van der Waals surface area contributed by atoms with Crippen molar-refractivity contribution >= 4 is 12.0 Å². The number of carbonyl (C=O) groups is 2. The van der Waals surface area contributed by atoms with E-state index in [0.29, 0.717) is 19.5 Å². The van der Waals surface area contributed by atoms with Gasteiger partial charge in [0.2, 0.25) is 0 Å². The van der Waals surface area contributed by atoms with E-state index in [1.807, 2.05) is 12.1 Å². The highest BCUT2D eigenvalue weighted by Gasteiger charge is 2.08. The highest BCUT2D eigenvalue weighted by atomic mass is 16.4. The van der Waals surface area contributed by atoms with Crippen LogP contribution in [0.25, 0.3) is 0 Å². The van der Waals surface area contributed by atoms with Crippen LogP contribution in [0.5, 0.6) is 0 Å². The van der Waals surface area contributed by atoms with Crippen molar-refractivity contribution in [1.29, 1.82) is 0 Å². The molecule has 2 amide bonds. The normalized spacial score (nSPS) is 10.1. The summed E-state index contributed by atoms with van der Waals surface area (Å²) < 4.78 is 0. The minimum absolute atomic E-state index is 0.0719. The summed E-state index contributed by atoms with van der Waals surface area (Å²) in [6, 6.07) is 7.98. The molecule has 0 spiro atoms. The van der Waals surface area contributed by atoms with E-state index in [1.165, 1.54) is 5.56 Å². The fourth-order valence-corrected chi connectivity index (χ4v) is 1.80. The van der Waals surface area contributed by atoms with Crippen LogP contribution in [-0.4, -0.2) is 35.6 Å². The van der Waals surface area contributed by atoms with Gasteiger partial charge in [-0.1, -0.05) is 31.2 Å². The predicted molar refractivity (Wildman–Crippen MR) is 77.6 cm³/mol. The zero-order valence-corrected chi connectivity index (χ0v) is 12.1. The molecule has 0 unspecified atom stereocenters. The lowest BCUT2D eigenvalue weighted by molar-refractivity contribution is -0.137. The Kier molecular flexibility index (Phi) is 6.56. The predicted octanol–water partition coefficient (Wildman–Crippen LogP) is 2.26. The van der Waals surface area contributed by atoms with Gasteiger partial charge in [-0.25, -0.2) is 4.79 Å². The summed E-state index contributed by atoms with van der Waals surface area (Å²) in [5, 5.41) is 11.2. The number of hydrogen-bond donors (Lipinski definition) is 2. The summed E-state index contributed by atoms with van der Waals surface area (Å²) in [7, 11) is 1.72. The van der Waals surface area contributed by atoms with Gasteiger partial charge in [0.15, 0.2) is 0 Å². The minimum Gasteiger partial charge on any atom is -0.481 e. The number of rotatable bonds is 7. The Morgan fingerprint density at radius 3 is 2.35 bits per heavy atom. The molecule has 1 rings (SSSR count). The molecule has 0 saturated carbocycles. The summed E-state index contributed by atoms with van der Waals surface area (Å²) in [6.45, 7) is 3.02. The Bertz CT molecular complexity index is 443. The first-order valence-electron chi connectivity index (χ1n) is 6.81. The summed E-state index contributed by atoms with van der Waals surface area (Å²) in [5.41, 5.74) is 2.35. The van der Waals surface area contributed by atoms with Crippen LogP contribution in [0, 0.1) is 0 Å². The fraction of sp³-hybridized carbons (Fsp3) is 0.467. The summed E-state index contributed by atoms with van der Waals surface area (Å²) in [4.78, 5) is 23.7. The molecule has 0 radical (unpaired) electrons. The molecule has 1 aromatic rings. The summed E-state index contributed by atoms with van der Waals surface area (Å²) in [5.74, 6) is -0.844. The lowest BCUT2D eigenvalue weighted by Gasteiger charge is -2.18. The van der Waals surface area contributed by atoms with Crippen molar-refractivity contribution in [2.45, 2.75) is 32.7 Å².